The van der Waals surface area contributed by atoms with Crippen LogP contribution in [-0.4, -0.2) is 18.4 Å². The number of halogens is 1. The zero-order chi connectivity index (χ0) is 21.0. The summed E-state index contributed by atoms with van der Waals surface area (Å²) in [6.07, 6.45) is 9.28. The molecule has 4 aliphatic carbocycles. The maximum atomic E-state index is 15.1. The van der Waals surface area contributed by atoms with E-state index in [1.807, 2.05) is 6.08 Å². The van der Waals surface area contributed by atoms with Crippen molar-refractivity contribution in [2.24, 2.45) is 34.5 Å². The molecule has 0 radical (unpaired) electrons. The van der Waals surface area contributed by atoms with Crippen LogP contribution in [0.1, 0.15) is 79.1 Å². The highest BCUT2D eigenvalue weighted by molar-refractivity contribution is 5.91. The molecule has 3 fully saturated rings. The van der Waals surface area contributed by atoms with Crippen LogP contribution in [0.2, 0.25) is 0 Å². The van der Waals surface area contributed by atoms with Gasteiger partial charge in [0.2, 0.25) is 5.83 Å². The minimum Gasteiger partial charge on any atom is -0.461 e. The Morgan fingerprint density at radius 2 is 1.86 bits per heavy atom. The Balaban J connectivity index is 1.72. The molecule has 0 aliphatic heterocycles. The van der Waals surface area contributed by atoms with Crippen LogP contribution >= 0.6 is 0 Å². The third-order valence-electron chi connectivity index (χ3n) is 9.17. The van der Waals surface area contributed by atoms with Gasteiger partial charge in [-0.15, -0.1) is 0 Å². The van der Waals surface area contributed by atoms with E-state index in [4.69, 9.17) is 4.74 Å². The predicted molar refractivity (Wildman–Crippen MR) is 111 cm³/mol. The number of fused-ring (bicyclic) bond motifs is 5. The summed E-state index contributed by atoms with van der Waals surface area (Å²) in [5.41, 5.74) is 1.95. The summed E-state index contributed by atoms with van der Waals surface area (Å²) >= 11 is 0. The van der Waals surface area contributed by atoms with E-state index in [1.54, 1.807) is 6.92 Å². The maximum absolute atomic E-state index is 15.1. The van der Waals surface area contributed by atoms with Crippen molar-refractivity contribution in [1.29, 1.82) is 0 Å². The van der Waals surface area contributed by atoms with E-state index in [1.165, 1.54) is 5.57 Å². The standard InChI is InChI=1S/C25H35FO3/c1-5-15-13-16-14-17(27)9-11-24(16,3)19-10-12-25(4)18(21(15)19)7-8-20(25)22(26)23(28)29-6-2/h14-15,18-19,21H,5-13H2,1-4H3/t15-,18+,19+,21+,24+,25+/m1/s1. The van der Waals surface area contributed by atoms with Gasteiger partial charge >= 0.3 is 5.97 Å². The molecule has 0 aromatic rings. The predicted octanol–water partition coefficient (Wildman–Crippen LogP) is 5.94. The quantitative estimate of drug-likeness (QED) is 0.433. The number of rotatable bonds is 3. The van der Waals surface area contributed by atoms with Gasteiger partial charge in [-0.3, -0.25) is 4.79 Å². The molecule has 3 saturated carbocycles. The first-order valence-electron chi connectivity index (χ1n) is 11.6. The van der Waals surface area contributed by atoms with Gasteiger partial charge in [-0.1, -0.05) is 32.8 Å². The highest BCUT2D eigenvalue weighted by Gasteiger charge is 2.60. The number of allylic oxidation sites excluding steroid dienone is 2. The van der Waals surface area contributed by atoms with Gasteiger partial charge in [0.05, 0.1) is 6.61 Å². The number of hydrogen-bond donors (Lipinski definition) is 0. The SMILES string of the molecule is CCOC(=O)C(F)=C1CC[C@H]2[C@@H]3[C@H](CC)CC4=CC(=O)CC[C@]4(C)[C@H]3CC[C@]12C. The van der Waals surface area contributed by atoms with Crippen LogP contribution in [-0.2, 0) is 14.3 Å². The lowest BCUT2D eigenvalue weighted by atomic mass is 9.44. The number of esters is 1. The van der Waals surface area contributed by atoms with Crippen molar-refractivity contribution in [2.45, 2.75) is 79.1 Å². The minimum atomic E-state index is -0.787. The van der Waals surface area contributed by atoms with Gasteiger partial charge in [0.1, 0.15) is 0 Å². The minimum absolute atomic E-state index is 0.109. The first-order valence-corrected chi connectivity index (χ1v) is 11.6. The lowest BCUT2D eigenvalue weighted by Crippen LogP contribution is -2.53. The summed E-state index contributed by atoms with van der Waals surface area (Å²) in [4.78, 5) is 24.2. The fraction of sp³-hybridized carbons (Fsp3) is 0.760. The highest BCUT2D eigenvalue weighted by Crippen LogP contribution is 2.68. The second-order valence-electron chi connectivity index (χ2n) is 10.2. The van der Waals surface area contributed by atoms with Gasteiger partial charge in [-0.25, -0.2) is 4.79 Å². The second kappa shape index (κ2) is 7.35. The summed E-state index contributed by atoms with van der Waals surface area (Å²) in [5.74, 6) is 0.927. The van der Waals surface area contributed by atoms with Gasteiger partial charge in [0.15, 0.2) is 5.78 Å². The molecule has 160 valence electrons. The monoisotopic (exact) mass is 402 g/mol. The van der Waals surface area contributed by atoms with Crippen molar-refractivity contribution >= 4 is 11.8 Å². The number of ketones is 1. The number of carbonyl (C=O) groups excluding carboxylic acids is 2. The summed E-state index contributed by atoms with van der Waals surface area (Å²) in [5, 5.41) is 0. The Labute approximate surface area is 174 Å². The Bertz CT molecular complexity index is 781. The summed E-state index contributed by atoms with van der Waals surface area (Å²) in [6.45, 7) is 8.75. The van der Waals surface area contributed by atoms with Crippen LogP contribution in [0.25, 0.3) is 0 Å². The highest BCUT2D eigenvalue weighted by atomic mass is 19.1. The van der Waals surface area contributed by atoms with Crippen molar-refractivity contribution in [3.05, 3.63) is 23.0 Å². The van der Waals surface area contributed by atoms with Crippen LogP contribution < -0.4 is 0 Å². The Kier molecular flexibility index (Phi) is 5.28. The van der Waals surface area contributed by atoms with Crippen LogP contribution in [0.15, 0.2) is 23.0 Å². The van der Waals surface area contributed by atoms with E-state index < -0.39 is 11.8 Å². The fourth-order valence-electron chi connectivity index (χ4n) is 7.61. The molecule has 0 saturated heterocycles. The summed E-state index contributed by atoms with van der Waals surface area (Å²) in [6, 6.07) is 0. The molecular formula is C25H35FO3. The lowest BCUT2D eigenvalue weighted by molar-refractivity contribution is -0.140. The van der Waals surface area contributed by atoms with Gasteiger partial charge in [0, 0.05) is 6.42 Å². The molecule has 4 aliphatic rings. The zero-order valence-corrected chi connectivity index (χ0v) is 18.4. The Hall–Kier alpha value is -1.45. The molecule has 0 heterocycles. The summed E-state index contributed by atoms with van der Waals surface area (Å²) in [7, 11) is 0. The molecule has 6 atom stereocenters. The molecule has 0 spiro atoms. The van der Waals surface area contributed by atoms with E-state index >= 15 is 4.39 Å². The van der Waals surface area contributed by atoms with E-state index in [-0.39, 0.29) is 23.2 Å². The number of ether oxygens (including phenoxy) is 1. The maximum Gasteiger partial charge on any atom is 0.367 e. The molecule has 29 heavy (non-hydrogen) atoms. The number of hydrogen-bond acceptors (Lipinski definition) is 3. The molecule has 0 amide bonds. The molecule has 4 heteroatoms. The first-order chi connectivity index (χ1) is 13.8. The molecule has 4 rings (SSSR count). The average molecular weight is 403 g/mol. The second-order valence-corrected chi connectivity index (χ2v) is 10.2. The lowest BCUT2D eigenvalue weighted by Gasteiger charge is -2.60. The molecule has 3 nitrogen and oxygen atoms in total. The van der Waals surface area contributed by atoms with E-state index in [0.717, 1.165) is 38.5 Å². The van der Waals surface area contributed by atoms with Gasteiger partial charge < -0.3 is 4.74 Å². The van der Waals surface area contributed by atoms with E-state index in [9.17, 15) is 9.59 Å². The Morgan fingerprint density at radius 3 is 2.55 bits per heavy atom. The van der Waals surface area contributed by atoms with Crippen LogP contribution in [0.4, 0.5) is 4.39 Å². The third-order valence-corrected chi connectivity index (χ3v) is 9.17. The smallest absolute Gasteiger partial charge is 0.367 e. The van der Waals surface area contributed by atoms with Crippen molar-refractivity contribution in [1.82, 2.24) is 0 Å². The molecule has 0 aromatic heterocycles. The summed E-state index contributed by atoms with van der Waals surface area (Å²) < 4.78 is 20.0. The Morgan fingerprint density at radius 1 is 1.14 bits per heavy atom. The van der Waals surface area contributed by atoms with Crippen molar-refractivity contribution < 1.29 is 18.7 Å². The van der Waals surface area contributed by atoms with Crippen LogP contribution in [0, 0.1) is 34.5 Å². The van der Waals surface area contributed by atoms with Crippen LogP contribution in [0.3, 0.4) is 0 Å². The van der Waals surface area contributed by atoms with Crippen molar-refractivity contribution in [2.75, 3.05) is 6.61 Å². The van der Waals surface area contributed by atoms with E-state index in [0.29, 0.717) is 42.1 Å². The molecule has 0 aromatic carbocycles. The first kappa shape index (κ1) is 20.8. The molecule has 0 N–H and O–H groups in total. The fourth-order valence-corrected chi connectivity index (χ4v) is 7.61. The van der Waals surface area contributed by atoms with Gasteiger partial charge in [-0.05, 0) is 91.6 Å². The van der Waals surface area contributed by atoms with Crippen LogP contribution in [0.5, 0.6) is 0 Å². The third kappa shape index (κ3) is 3.04. The topological polar surface area (TPSA) is 43.4 Å². The van der Waals surface area contributed by atoms with Crippen molar-refractivity contribution in [3.63, 3.8) is 0 Å². The van der Waals surface area contributed by atoms with Crippen molar-refractivity contribution in [3.8, 4) is 0 Å². The van der Waals surface area contributed by atoms with E-state index in [2.05, 4.69) is 20.8 Å². The van der Waals surface area contributed by atoms with Gasteiger partial charge in [-0.2, -0.15) is 4.39 Å². The largest absolute Gasteiger partial charge is 0.461 e. The average Bonchev–Trinajstić information content (AvgIpc) is 3.04. The number of carbonyl (C=O) groups is 2. The molecule has 0 unspecified atom stereocenters. The zero-order valence-electron chi connectivity index (χ0n) is 18.4. The van der Waals surface area contributed by atoms with Gasteiger partial charge in [0.25, 0.3) is 0 Å². The normalized spacial score (nSPS) is 43.1. The molecular weight excluding hydrogens is 367 g/mol. The molecule has 0 bridgehead atoms.